The highest BCUT2D eigenvalue weighted by Crippen LogP contribution is 1.99. The molecule has 0 bridgehead atoms. The van der Waals surface area contributed by atoms with Gasteiger partial charge in [0, 0.05) is 32.9 Å². The van der Waals surface area contributed by atoms with Crippen molar-refractivity contribution in [1.29, 1.82) is 0 Å². The van der Waals surface area contributed by atoms with Crippen LogP contribution >= 0.6 is 0 Å². The zero-order chi connectivity index (χ0) is 13.5. The van der Waals surface area contributed by atoms with E-state index in [0.717, 1.165) is 26.1 Å². The Morgan fingerprint density at radius 3 is 2.56 bits per heavy atom. The maximum absolute atomic E-state index is 11.9. The van der Waals surface area contributed by atoms with Crippen molar-refractivity contribution in [3.8, 4) is 0 Å². The SMILES string of the molecule is CCN(CC)C(=O)CN(C)CCc1cnn(C)c1. The molecule has 1 aromatic rings. The van der Waals surface area contributed by atoms with Crippen LogP contribution in [-0.4, -0.2) is 58.7 Å². The van der Waals surface area contributed by atoms with Gasteiger partial charge in [0.05, 0.1) is 12.7 Å². The molecule has 1 heterocycles. The van der Waals surface area contributed by atoms with Crippen molar-refractivity contribution in [2.24, 2.45) is 7.05 Å². The fourth-order valence-corrected chi connectivity index (χ4v) is 1.91. The quantitative estimate of drug-likeness (QED) is 0.719. The second kappa shape index (κ2) is 7.16. The van der Waals surface area contributed by atoms with E-state index >= 15 is 0 Å². The average Bonchev–Trinajstić information content (AvgIpc) is 2.74. The Hall–Kier alpha value is -1.36. The van der Waals surface area contributed by atoms with E-state index in [4.69, 9.17) is 0 Å². The average molecular weight is 252 g/mol. The monoisotopic (exact) mass is 252 g/mol. The van der Waals surface area contributed by atoms with Crippen LogP contribution in [-0.2, 0) is 18.3 Å². The van der Waals surface area contributed by atoms with Crippen molar-refractivity contribution >= 4 is 5.91 Å². The smallest absolute Gasteiger partial charge is 0.236 e. The standard InChI is InChI=1S/C13H24N4O/c1-5-17(6-2)13(18)11-15(3)8-7-12-9-14-16(4)10-12/h9-10H,5-8,11H2,1-4H3. The summed E-state index contributed by atoms with van der Waals surface area (Å²) in [4.78, 5) is 15.8. The molecule has 1 rings (SSSR count). The van der Waals surface area contributed by atoms with Crippen LogP contribution in [0.15, 0.2) is 12.4 Å². The number of aromatic nitrogens is 2. The molecule has 0 atom stereocenters. The number of carbonyl (C=O) groups excluding carboxylic acids is 1. The van der Waals surface area contributed by atoms with Gasteiger partial charge < -0.3 is 4.90 Å². The number of aryl methyl sites for hydroxylation is 1. The molecule has 0 unspecified atom stereocenters. The zero-order valence-electron chi connectivity index (χ0n) is 11.9. The van der Waals surface area contributed by atoms with Gasteiger partial charge in [-0.3, -0.25) is 14.4 Å². The molecular formula is C13H24N4O. The first-order valence-corrected chi connectivity index (χ1v) is 6.50. The molecule has 102 valence electrons. The lowest BCUT2D eigenvalue weighted by atomic mass is 10.2. The first kappa shape index (κ1) is 14.7. The highest BCUT2D eigenvalue weighted by molar-refractivity contribution is 5.78. The van der Waals surface area contributed by atoms with Crippen molar-refractivity contribution in [1.82, 2.24) is 19.6 Å². The van der Waals surface area contributed by atoms with Gasteiger partial charge in [0.15, 0.2) is 0 Å². The third-order valence-electron chi connectivity index (χ3n) is 3.06. The zero-order valence-corrected chi connectivity index (χ0v) is 11.9. The molecule has 5 heteroatoms. The molecule has 0 spiro atoms. The lowest BCUT2D eigenvalue weighted by Gasteiger charge is -2.22. The number of rotatable bonds is 7. The number of amides is 1. The van der Waals surface area contributed by atoms with Gasteiger partial charge in [0.25, 0.3) is 0 Å². The van der Waals surface area contributed by atoms with Gasteiger partial charge in [0.1, 0.15) is 0 Å². The first-order valence-electron chi connectivity index (χ1n) is 6.50. The minimum absolute atomic E-state index is 0.202. The molecule has 0 aliphatic carbocycles. The van der Waals surface area contributed by atoms with Gasteiger partial charge in [-0.05, 0) is 32.9 Å². The molecule has 0 aliphatic rings. The number of hydrogen-bond donors (Lipinski definition) is 0. The maximum atomic E-state index is 11.9. The van der Waals surface area contributed by atoms with E-state index in [1.54, 1.807) is 4.68 Å². The molecule has 0 saturated heterocycles. The van der Waals surface area contributed by atoms with Crippen molar-refractivity contribution in [3.63, 3.8) is 0 Å². The van der Waals surface area contributed by atoms with Crippen molar-refractivity contribution in [2.45, 2.75) is 20.3 Å². The highest BCUT2D eigenvalue weighted by atomic mass is 16.2. The molecular weight excluding hydrogens is 228 g/mol. The largest absolute Gasteiger partial charge is 0.342 e. The van der Waals surface area contributed by atoms with Gasteiger partial charge >= 0.3 is 0 Å². The lowest BCUT2D eigenvalue weighted by Crippen LogP contribution is -2.39. The molecule has 0 fully saturated rings. The van der Waals surface area contributed by atoms with Crippen molar-refractivity contribution in [3.05, 3.63) is 18.0 Å². The molecule has 0 aromatic carbocycles. The van der Waals surface area contributed by atoms with E-state index in [1.807, 2.05) is 45.2 Å². The van der Waals surface area contributed by atoms with Gasteiger partial charge in [-0.2, -0.15) is 5.10 Å². The molecule has 0 aliphatic heterocycles. The van der Waals surface area contributed by atoms with E-state index in [0.29, 0.717) is 6.54 Å². The van der Waals surface area contributed by atoms with Gasteiger partial charge in [-0.25, -0.2) is 0 Å². The van der Waals surface area contributed by atoms with Gasteiger partial charge in [-0.1, -0.05) is 0 Å². The van der Waals surface area contributed by atoms with Crippen molar-refractivity contribution in [2.75, 3.05) is 33.2 Å². The summed E-state index contributed by atoms with van der Waals surface area (Å²) in [5.41, 5.74) is 1.21. The Labute approximate surface area is 109 Å². The summed E-state index contributed by atoms with van der Waals surface area (Å²) in [5, 5.41) is 4.13. The van der Waals surface area contributed by atoms with E-state index in [2.05, 4.69) is 10.00 Å². The minimum Gasteiger partial charge on any atom is -0.342 e. The summed E-state index contributed by atoms with van der Waals surface area (Å²) < 4.78 is 1.80. The molecule has 1 aromatic heterocycles. The van der Waals surface area contributed by atoms with Crippen LogP contribution in [0.4, 0.5) is 0 Å². The van der Waals surface area contributed by atoms with E-state index < -0.39 is 0 Å². The van der Waals surface area contributed by atoms with Gasteiger partial charge in [0.2, 0.25) is 5.91 Å². The van der Waals surface area contributed by atoms with Crippen LogP contribution in [0.5, 0.6) is 0 Å². The Balaban J connectivity index is 2.33. The Morgan fingerprint density at radius 2 is 2.06 bits per heavy atom. The number of likely N-dealkylation sites (N-methyl/N-ethyl adjacent to an activating group) is 2. The van der Waals surface area contributed by atoms with E-state index in [9.17, 15) is 4.79 Å². The van der Waals surface area contributed by atoms with Gasteiger partial charge in [-0.15, -0.1) is 0 Å². The minimum atomic E-state index is 0.202. The van der Waals surface area contributed by atoms with E-state index in [1.165, 1.54) is 5.56 Å². The third-order valence-corrected chi connectivity index (χ3v) is 3.06. The van der Waals surface area contributed by atoms with Crippen LogP contribution in [0.3, 0.4) is 0 Å². The van der Waals surface area contributed by atoms with Crippen LogP contribution < -0.4 is 0 Å². The van der Waals surface area contributed by atoms with Crippen LogP contribution in [0.25, 0.3) is 0 Å². The van der Waals surface area contributed by atoms with E-state index in [-0.39, 0.29) is 5.91 Å². The lowest BCUT2D eigenvalue weighted by molar-refractivity contribution is -0.131. The fraction of sp³-hybridized carbons (Fsp3) is 0.692. The van der Waals surface area contributed by atoms with Crippen LogP contribution in [0.2, 0.25) is 0 Å². The molecule has 5 nitrogen and oxygen atoms in total. The summed E-state index contributed by atoms with van der Waals surface area (Å²) in [7, 11) is 3.90. The molecule has 0 radical (unpaired) electrons. The summed E-state index contributed by atoms with van der Waals surface area (Å²) >= 11 is 0. The second-order valence-corrected chi connectivity index (χ2v) is 4.58. The summed E-state index contributed by atoms with van der Waals surface area (Å²) in [6.45, 7) is 6.95. The number of hydrogen-bond acceptors (Lipinski definition) is 3. The second-order valence-electron chi connectivity index (χ2n) is 4.58. The number of carbonyl (C=O) groups is 1. The normalized spacial score (nSPS) is 10.9. The topological polar surface area (TPSA) is 41.4 Å². The Bertz CT molecular complexity index is 371. The molecule has 0 N–H and O–H groups in total. The fourth-order valence-electron chi connectivity index (χ4n) is 1.91. The first-order chi connectivity index (χ1) is 8.56. The molecule has 18 heavy (non-hydrogen) atoms. The summed E-state index contributed by atoms with van der Waals surface area (Å²) in [5.74, 6) is 0.202. The highest BCUT2D eigenvalue weighted by Gasteiger charge is 2.12. The van der Waals surface area contributed by atoms with Crippen molar-refractivity contribution < 1.29 is 4.79 Å². The Morgan fingerprint density at radius 1 is 1.39 bits per heavy atom. The maximum Gasteiger partial charge on any atom is 0.236 e. The number of nitrogens with zero attached hydrogens (tertiary/aromatic N) is 4. The predicted molar refractivity (Wildman–Crippen MR) is 72.3 cm³/mol. The van der Waals surface area contributed by atoms with Crippen LogP contribution in [0, 0.1) is 0 Å². The molecule has 0 saturated carbocycles. The summed E-state index contributed by atoms with van der Waals surface area (Å²) in [6.07, 6.45) is 4.82. The predicted octanol–water partition coefficient (Wildman–Crippen LogP) is 0.763. The molecule has 1 amide bonds. The Kier molecular flexibility index (Phi) is 5.85. The van der Waals surface area contributed by atoms with Crippen LogP contribution in [0.1, 0.15) is 19.4 Å². The summed E-state index contributed by atoms with van der Waals surface area (Å²) in [6, 6.07) is 0. The third kappa shape index (κ3) is 4.49.